The first kappa shape index (κ1) is 16.3. The molecule has 2 heterocycles. The molecule has 0 spiro atoms. The Morgan fingerprint density at radius 1 is 1.20 bits per heavy atom. The van der Waals surface area contributed by atoms with Gasteiger partial charge in [-0.1, -0.05) is 12.1 Å². The molecular weight excluding hydrogens is 318 g/mol. The van der Waals surface area contributed by atoms with Crippen LogP contribution in [0.25, 0.3) is 5.57 Å². The topological polar surface area (TPSA) is 55.8 Å². The molecule has 1 amide bonds. The number of nitrogens with zero attached hydrogens (tertiary/aromatic N) is 1. The van der Waals surface area contributed by atoms with Gasteiger partial charge in [0.25, 0.3) is 0 Å². The molecule has 1 aromatic carbocycles. The number of methoxy groups -OCH3 is 1. The fraction of sp³-hybridized carbons (Fsp3) is 0.500. The summed E-state index contributed by atoms with van der Waals surface area (Å²) in [5, 5.41) is 0. The van der Waals surface area contributed by atoms with E-state index in [1.807, 2.05) is 17.0 Å². The van der Waals surface area contributed by atoms with Crippen molar-refractivity contribution < 1.29 is 19.1 Å². The summed E-state index contributed by atoms with van der Waals surface area (Å²) in [5.41, 5.74) is 4.14. The lowest BCUT2D eigenvalue weighted by Crippen LogP contribution is -2.46. The zero-order valence-corrected chi connectivity index (χ0v) is 14.5. The highest BCUT2D eigenvalue weighted by atomic mass is 16.5. The van der Waals surface area contributed by atoms with Crippen molar-refractivity contribution in [1.82, 2.24) is 4.90 Å². The van der Waals surface area contributed by atoms with E-state index in [1.165, 1.54) is 31.1 Å². The molecule has 2 aliphatic heterocycles. The lowest BCUT2D eigenvalue weighted by atomic mass is 9.93. The van der Waals surface area contributed by atoms with E-state index in [9.17, 15) is 9.59 Å². The molecule has 0 unspecified atom stereocenters. The largest absolute Gasteiger partial charge is 0.465 e. The number of hydrogen-bond acceptors (Lipinski definition) is 4. The van der Waals surface area contributed by atoms with Crippen molar-refractivity contribution in [2.75, 3.05) is 33.4 Å². The molecule has 5 nitrogen and oxygen atoms in total. The van der Waals surface area contributed by atoms with Gasteiger partial charge >= 0.3 is 5.97 Å². The average molecular weight is 341 g/mol. The van der Waals surface area contributed by atoms with E-state index < -0.39 is 0 Å². The second-order valence-corrected chi connectivity index (χ2v) is 7.11. The Morgan fingerprint density at radius 2 is 2.00 bits per heavy atom. The van der Waals surface area contributed by atoms with E-state index in [0.29, 0.717) is 31.2 Å². The number of amides is 1. The van der Waals surface area contributed by atoms with E-state index in [0.717, 1.165) is 18.5 Å². The van der Waals surface area contributed by atoms with Crippen LogP contribution in [0.3, 0.4) is 0 Å². The minimum absolute atomic E-state index is 0.0408. The molecule has 1 aromatic rings. The summed E-state index contributed by atoms with van der Waals surface area (Å²) in [6, 6.07) is 6.08. The Balaban J connectivity index is 1.54. The van der Waals surface area contributed by atoms with Crippen molar-refractivity contribution in [3.63, 3.8) is 0 Å². The van der Waals surface area contributed by atoms with E-state index in [4.69, 9.17) is 9.47 Å². The van der Waals surface area contributed by atoms with Gasteiger partial charge in [0.05, 0.1) is 31.8 Å². The fourth-order valence-corrected chi connectivity index (χ4v) is 3.49. The predicted octanol–water partition coefficient (Wildman–Crippen LogP) is 2.61. The SMILES string of the molecule is COC(=O)c1cc(C2=CCN(C(=O)C3COC3)CC2)cc(C2CC2)c1. The van der Waals surface area contributed by atoms with Crippen LogP contribution in [0.15, 0.2) is 24.3 Å². The monoisotopic (exact) mass is 341 g/mol. The Hall–Kier alpha value is -2.14. The normalized spacial score (nSPS) is 20.7. The number of ether oxygens (including phenoxy) is 2. The van der Waals surface area contributed by atoms with Gasteiger partial charge in [-0.15, -0.1) is 0 Å². The minimum Gasteiger partial charge on any atom is -0.465 e. The van der Waals surface area contributed by atoms with Gasteiger partial charge in [0.2, 0.25) is 5.91 Å². The molecule has 5 heteroatoms. The molecule has 1 saturated carbocycles. The summed E-state index contributed by atoms with van der Waals surface area (Å²) in [7, 11) is 1.42. The van der Waals surface area contributed by atoms with Crippen LogP contribution in [0, 0.1) is 5.92 Å². The highest BCUT2D eigenvalue weighted by Gasteiger charge is 2.31. The third-order valence-corrected chi connectivity index (χ3v) is 5.30. The van der Waals surface area contributed by atoms with Crippen LogP contribution < -0.4 is 0 Å². The average Bonchev–Trinajstić information content (AvgIpc) is 3.44. The second-order valence-electron chi connectivity index (χ2n) is 7.11. The number of esters is 1. The molecule has 0 atom stereocenters. The molecular formula is C20H23NO4. The van der Waals surface area contributed by atoms with Crippen LogP contribution in [-0.4, -0.2) is 50.2 Å². The van der Waals surface area contributed by atoms with Gasteiger partial charge in [0.15, 0.2) is 0 Å². The number of carbonyl (C=O) groups is 2. The van der Waals surface area contributed by atoms with Gasteiger partial charge in [-0.05, 0) is 54.0 Å². The van der Waals surface area contributed by atoms with Crippen molar-refractivity contribution >= 4 is 17.4 Å². The van der Waals surface area contributed by atoms with Crippen molar-refractivity contribution in [3.8, 4) is 0 Å². The molecule has 3 aliphatic rings. The summed E-state index contributed by atoms with van der Waals surface area (Å²) in [6.45, 7) is 2.46. The molecule has 0 bridgehead atoms. The van der Waals surface area contributed by atoms with E-state index in [-0.39, 0.29) is 17.8 Å². The highest BCUT2D eigenvalue weighted by Crippen LogP contribution is 2.41. The number of hydrogen-bond donors (Lipinski definition) is 0. The molecule has 4 rings (SSSR count). The number of benzene rings is 1. The highest BCUT2D eigenvalue weighted by molar-refractivity contribution is 5.91. The Morgan fingerprint density at radius 3 is 2.56 bits per heavy atom. The molecule has 132 valence electrons. The summed E-state index contributed by atoms with van der Waals surface area (Å²) in [6.07, 6.45) is 5.31. The molecule has 2 fully saturated rings. The molecule has 1 saturated heterocycles. The Bertz CT molecular complexity index is 731. The third-order valence-electron chi connectivity index (χ3n) is 5.30. The molecule has 1 aliphatic carbocycles. The van der Waals surface area contributed by atoms with Crippen LogP contribution in [0.4, 0.5) is 0 Å². The van der Waals surface area contributed by atoms with Gasteiger partial charge < -0.3 is 14.4 Å². The Labute approximate surface area is 147 Å². The predicted molar refractivity (Wildman–Crippen MR) is 93.2 cm³/mol. The molecule has 0 N–H and O–H groups in total. The van der Waals surface area contributed by atoms with E-state index in [2.05, 4.69) is 12.1 Å². The Kier molecular flexibility index (Phi) is 4.34. The first-order valence-electron chi connectivity index (χ1n) is 8.95. The number of rotatable bonds is 4. The van der Waals surface area contributed by atoms with Crippen LogP contribution in [0.1, 0.15) is 46.7 Å². The van der Waals surface area contributed by atoms with E-state index in [1.54, 1.807) is 0 Å². The van der Waals surface area contributed by atoms with Crippen molar-refractivity contribution in [1.29, 1.82) is 0 Å². The number of carbonyl (C=O) groups excluding carboxylic acids is 2. The van der Waals surface area contributed by atoms with Crippen LogP contribution in [-0.2, 0) is 14.3 Å². The van der Waals surface area contributed by atoms with Gasteiger partial charge in [-0.25, -0.2) is 4.79 Å². The quantitative estimate of drug-likeness (QED) is 0.790. The molecule has 0 aromatic heterocycles. The first-order valence-corrected chi connectivity index (χ1v) is 8.95. The van der Waals surface area contributed by atoms with Gasteiger partial charge in [-0.3, -0.25) is 4.79 Å². The van der Waals surface area contributed by atoms with Crippen molar-refractivity contribution in [2.24, 2.45) is 5.92 Å². The standard InChI is InChI=1S/C20H23NO4/c1-24-20(23)17-9-15(13-2-3-13)8-16(10-17)14-4-6-21(7-5-14)19(22)18-11-25-12-18/h4,8-10,13,18H,2-3,5-7,11-12H2,1H3. The van der Waals surface area contributed by atoms with E-state index >= 15 is 0 Å². The summed E-state index contributed by atoms with van der Waals surface area (Å²) < 4.78 is 10.0. The smallest absolute Gasteiger partial charge is 0.337 e. The van der Waals surface area contributed by atoms with Crippen molar-refractivity contribution in [3.05, 3.63) is 41.0 Å². The third kappa shape index (κ3) is 3.33. The lowest BCUT2D eigenvalue weighted by molar-refractivity contribution is -0.149. The first-order chi connectivity index (χ1) is 12.2. The molecule has 0 radical (unpaired) electrons. The van der Waals surface area contributed by atoms with Gasteiger partial charge in [-0.2, -0.15) is 0 Å². The lowest BCUT2D eigenvalue weighted by Gasteiger charge is -2.33. The summed E-state index contributed by atoms with van der Waals surface area (Å²) in [5.74, 6) is 0.522. The molecule has 25 heavy (non-hydrogen) atoms. The fourth-order valence-electron chi connectivity index (χ4n) is 3.49. The van der Waals surface area contributed by atoms with Crippen LogP contribution in [0.2, 0.25) is 0 Å². The zero-order chi connectivity index (χ0) is 17.4. The maximum atomic E-state index is 12.3. The summed E-state index contributed by atoms with van der Waals surface area (Å²) in [4.78, 5) is 26.2. The maximum absolute atomic E-state index is 12.3. The maximum Gasteiger partial charge on any atom is 0.337 e. The zero-order valence-electron chi connectivity index (χ0n) is 14.5. The van der Waals surface area contributed by atoms with Crippen LogP contribution in [0.5, 0.6) is 0 Å². The summed E-state index contributed by atoms with van der Waals surface area (Å²) >= 11 is 0. The van der Waals surface area contributed by atoms with Crippen LogP contribution >= 0.6 is 0 Å². The van der Waals surface area contributed by atoms with Crippen molar-refractivity contribution in [2.45, 2.75) is 25.2 Å². The minimum atomic E-state index is -0.290. The van der Waals surface area contributed by atoms with Gasteiger partial charge in [0, 0.05) is 13.1 Å². The van der Waals surface area contributed by atoms with Gasteiger partial charge in [0.1, 0.15) is 0 Å². The second kappa shape index (κ2) is 6.64.